The van der Waals surface area contributed by atoms with Crippen molar-refractivity contribution in [2.45, 2.75) is 33.0 Å². The van der Waals surface area contributed by atoms with Gasteiger partial charge < -0.3 is 9.64 Å². The molecule has 7 heteroatoms. The molecule has 0 N–H and O–H groups in total. The van der Waals surface area contributed by atoms with Crippen molar-refractivity contribution in [3.8, 4) is 0 Å². The Hall–Kier alpha value is -2.02. The van der Waals surface area contributed by atoms with Crippen LogP contribution in [0.1, 0.15) is 29.9 Å². The molecule has 0 aromatic carbocycles. The molecule has 0 radical (unpaired) electrons. The number of pyridine rings is 1. The van der Waals surface area contributed by atoms with Gasteiger partial charge in [-0.1, -0.05) is 0 Å². The van der Waals surface area contributed by atoms with Gasteiger partial charge in [0.15, 0.2) is 0 Å². The van der Waals surface area contributed by atoms with Crippen LogP contribution < -0.4 is 0 Å². The highest BCUT2D eigenvalue weighted by atomic mass is 16.6. The molecular weight excluding hydrogens is 262 g/mol. The zero-order valence-electron chi connectivity index (χ0n) is 11.7. The summed E-state index contributed by atoms with van der Waals surface area (Å²) < 4.78 is 5.58. The normalized spacial score (nSPS) is 22.6. The maximum Gasteiger partial charge on any atom is 0.288 e. The number of hydrogen-bond acceptors (Lipinski definition) is 5. The number of aryl methyl sites for hydroxylation is 1. The van der Waals surface area contributed by atoms with Crippen LogP contribution in [0.25, 0.3) is 0 Å². The molecule has 2 rings (SSSR count). The number of carbonyl (C=O) groups excluding carboxylic acids is 1. The minimum atomic E-state index is -0.548. The van der Waals surface area contributed by atoms with Gasteiger partial charge in [-0.15, -0.1) is 0 Å². The summed E-state index contributed by atoms with van der Waals surface area (Å²) in [6, 6.07) is 1.29. The summed E-state index contributed by atoms with van der Waals surface area (Å²) in [6.07, 6.45) is 1.07. The Labute approximate surface area is 116 Å². The number of nitro groups is 1. The third kappa shape index (κ3) is 2.93. The molecule has 1 aliphatic rings. The number of rotatable bonds is 2. The molecule has 1 amide bonds. The second kappa shape index (κ2) is 5.54. The second-order valence-electron chi connectivity index (χ2n) is 5.05. The number of morpholine rings is 1. The predicted octanol–water partition coefficient (Wildman–Crippen LogP) is 1.55. The molecule has 2 heterocycles. The van der Waals surface area contributed by atoms with Gasteiger partial charge >= 0.3 is 0 Å². The van der Waals surface area contributed by atoms with E-state index < -0.39 is 4.92 Å². The first-order valence-electron chi connectivity index (χ1n) is 6.44. The summed E-state index contributed by atoms with van der Waals surface area (Å²) in [5, 5.41) is 10.8. The number of hydrogen-bond donors (Lipinski definition) is 0. The molecule has 7 nitrogen and oxygen atoms in total. The largest absolute Gasteiger partial charge is 0.372 e. The zero-order chi connectivity index (χ0) is 14.9. The summed E-state index contributed by atoms with van der Waals surface area (Å²) in [5.74, 6) is -0.235. The number of amides is 1. The summed E-state index contributed by atoms with van der Waals surface area (Å²) in [7, 11) is 0. The van der Waals surface area contributed by atoms with Crippen molar-refractivity contribution >= 4 is 11.6 Å². The van der Waals surface area contributed by atoms with E-state index in [0.717, 1.165) is 6.20 Å². The van der Waals surface area contributed by atoms with E-state index in [1.165, 1.54) is 6.07 Å². The molecule has 0 spiro atoms. The summed E-state index contributed by atoms with van der Waals surface area (Å²) in [4.78, 5) is 28.3. The summed E-state index contributed by atoms with van der Waals surface area (Å²) >= 11 is 0. The Kier molecular flexibility index (Phi) is 3.99. The minimum absolute atomic E-state index is 0.0466. The molecule has 1 fully saturated rings. The van der Waals surface area contributed by atoms with Crippen LogP contribution in [0.5, 0.6) is 0 Å². The van der Waals surface area contributed by atoms with Gasteiger partial charge in [0.2, 0.25) is 0 Å². The van der Waals surface area contributed by atoms with E-state index in [9.17, 15) is 14.9 Å². The molecule has 1 saturated heterocycles. The maximum absolute atomic E-state index is 12.5. The van der Waals surface area contributed by atoms with Gasteiger partial charge in [-0.2, -0.15) is 0 Å². The summed E-state index contributed by atoms with van der Waals surface area (Å²) in [6.45, 7) is 6.42. The van der Waals surface area contributed by atoms with E-state index >= 15 is 0 Å². The van der Waals surface area contributed by atoms with Crippen LogP contribution in [-0.2, 0) is 4.74 Å². The Morgan fingerprint density at radius 1 is 1.45 bits per heavy atom. The fourth-order valence-corrected chi connectivity index (χ4v) is 2.35. The average molecular weight is 279 g/mol. The van der Waals surface area contributed by atoms with Crippen LogP contribution in [0.2, 0.25) is 0 Å². The van der Waals surface area contributed by atoms with E-state index in [-0.39, 0.29) is 29.4 Å². The molecule has 1 aromatic rings. The SMILES string of the molecule is Cc1ncc([N+](=O)[O-])cc1C(=O)N1CC(C)OC(C)C1. The first-order valence-corrected chi connectivity index (χ1v) is 6.44. The van der Waals surface area contributed by atoms with Crippen molar-refractivity contribution in [3.63, 3.8) is 0 Å². The van der Waals surface area contributed by atoms with Crippen LogP contribution in [0, 0.1) is 17.0 Å². The highest BCUT2D eigenvalue weighted by Crippen LogP contribution is 2.19. The molecule has 20 heavy (non-hydrogen) atoms. The highest BCUT2D eigenvalue weighted by molar-refractivity contribution is 5.95. The third-order valence-electron chi connectivity index (χ3n) is 3.22. The van der Waals surface area contributed by atoms with Crippen molar-refractivity contribution in [1.29, 1.82) is 0 Å². The molecule has 0 bridgehead atoms. The topological polar surface area (TPSA) is 85.6 Å². The average Bonchev–Trinajstić information content (AvgIpc) is 2.37. The Morgan fingerprint density at radius 3 is 2.60 bits per heavy atom. The van der Waals surface area contributed by atoms with Crippen molar-refractivity contribution in [3.05, 3.63) is 33.6 Å². The minimum Gasteiger partial charge on any atom is -0.372 e. The zero-order valence-corrected chi connectivity index (χ0v) is 11.7. The Balaban J connectivity index is 2.28. The van der Waals surface area contributed by atoms with Crippen LogP contribution in [0.15, 0.2) is 12.3 Å². The van der Waals surface area contributed by atoms with Crippen molar-refractivity contribution < 1.29 is 14.5 Å². The van der Waals surface area contributed by atoms with E-state index in [2.05, 4.69) is 4.98 Å². The standard InChI is InChI=1S/C13H17N3O4/c1-8-6-15(7-9(2)20-8)13(17)12-4-11(16(18)19)5-14-10(12)3/h4-5,8-9H,6-7H2,1-3H3. The van der Waals surface area contributed by atoms with Gasteiger partial charge in [0.1, 0.15) is 6.20 Å². The number of aromatic nitrogens is 1. The van der Waals surface area contributed by atoms with Crippen LogP contribution in [0.4, 0.5) is 5.69 Å². The van der Waals surface area contributed by atoms with Gasteiger partial charge in [-0.05, 0) is 20.8 Å². The molecule has 1 aromatic heterocycles. The molecule has 1 aliphatic heterocycles. The van der Waals surface area contributed by atoms with E-state index in [1.54, 1.807) is 11.8 Å². The maximum atomic E-state index is 12.5. The first kappa shape index (κ1) is 14.4. The smallest absolute Gasteiger partial charge is 0.288 e. The predicted molar refractivity (Wildman–Crippen MR) is 71.5 cm³/mol. The van der Waals surface area contributed by atoms with Crippen molar-refractivity contribution in [2.24, 2.45) is 0 Å². The number of nitrogens with zero attached hydrogens (tertiary/aromatic N) is 3. The fraction of sp³-hybridized carbons (Fsp3) is 0.538. The van der Waals surface area contributed by atoms with Gasteiger partial charge in [0.25, 0.3) is 11.6 Å². The van der Waals surface area contributed by atoms with Crippen LogP contribution >= 0.6 is 0 Å². The van der Waals surface area contributed by atoms with Crippen molar-refractivity contribution in [2.75, 3.05) is 13.1 Å². The van der Waals surface area contributed by atoms with E-state index in [1.807, 2.05) is 13.8 Å². The molecule has 2 unspecified atom stereocenters. The molecule has 0 aliphatic carbocycles. The lowest BCUT2D eigenvalue weighted by atomic mass is 10.1. The van der Waals surface area contributed by atoms with Crippen LogP contribution in [-0.4, -0.2) is 46.0 Å². The fourth-order valence-electron chi connectivity index (χ4n) is 2.35. The Bertz CT molecular complexity index is 536. The molecule has 0 saturated carbocycles. The van der Waals surface area contributed by atoms with E-state index in [4.69, 9.17) is 4.74 Å². The number of carbonyl (C=O) groups is 1. The van der Waals surface area contributed by atoms with Crippen LogP contribution in [0.3, 0.4) is 0 Å². The van der Waals surface area contributed by atoms with Crippen molar-refractivity contribution in [1.82, 2.24) is 9.88 Å². The highest BCUT2D eigenvalue weighted by Gasteiger charge is 2.28. The lowest BCUT2D eigenvalue weighted by molar-refractivity contribution is -0.385. The molecule has 108 valence electrons. The van der Waals surface area contributed by atoms with Gasteiger partial charge in [-0.25, -0.2) is 0 Å². The lowest BCUT2D eigenvalue weighted by Gasteiger charge is -2.35. The van der Waals surface area contributed by atoms with Gasteiger partial charge in [0.05, 0.1) is 28.4 Å². The molecule has 2 atom stereocenters. The Morgan fingerprint density at radius 2 is 2.05 bits per heavy atom. The quantitative estimate of drug-likeness (QED) is 0.605. The summed E-state index contributed by atoms with van der Waals surface area (Å²) in [5.41, 5.74) is 0.598. The third-order valence-corrected chi connectivity index (χ3v) is 3.22. The monoisotopic (exact) mass is 279 g/mol. The lowest BCUT2D eigenvalue weighted by Crippen LogP contribution is -2.48. The van der Waals surface area contributed by atoms with Gasteiger partial charge in [0, 0.05) is 19.2 Å². The van der Waals surface area contributed by atoms with Gasteiger partial charge in [-0.3, -0.25) is 19.9 Å². The molecular formula is C13H17N3O4. The van der Waals surface area contributed by atoms with E-state index in [0.29, 0.717) is 18.8 Å². The second-order valence-corrected chi connectivity index (χ2v) is 5.05. The first-order chi connectivity index (χ1) is 9.38. The number of ether oxygens (including phenoxy) is 1.